The van der Waals surface area contributed by atoms with E-state index in [1.54, 1.807) is 35.4 Å². The molecule has 0 bridgehead atoms. The first-order chi connectivity index (χ1) is 17.2. The molecule has 2 aromatic heterocycles. The van der Waals surface area contributed by atoms with Gasteiger partial charge in [0.15, 0.2) is 0 Å². The average molecular weight is 530 g/mol. The minimum Gasteiger partial charge on any atom is -0.437 e. The number of rotatable bonds is 3. The number of nitrogens with zero attached hydrogens (tertiary/aromatic N) is 4. The van der Waals surface area contributed by atoms with Crippen LogP contribution in [0.3, 0.4) is 0 Å². The van der Waals surface area contributed by atoms with Crippen molar-refractivity contribution in [2.24, 2.45) is 7.05 Å². The maximum atomic E-state index is 13.2. The third-order valence-electron chi connectivity index (χ3n) is 6.63. The van der Waals surface area contributed by atoms with Crippen molar-refractivity contribution >= 4 is 41.0 Å². The number of anilines is 1. The van der Waals surface area contributed by atoms with Crippen molar-refractivity contribution in [2.45, 2.75) is 25.0 Å². The Balaban J connectivity index is 1.39. The first-order valence-corrected chi connectivity index (χ1v) is 11.9. The molecule has 4 heterocycles. The lowest BCUT2D eigenvalue weighted by Gasteiger charge is -2.43. The van der Waals surface area contributed by atoms with E-state index in [1.807, 2.05) is 6.07 Å². The number of likely N-dealkylation sites (tertiary alicyclic amines) is 1. The first-order valence-electron chi connectivity index (χ1n) is 11.2. The second-order valence-corrected chi connectivity index (χ2v) is 9.49. The molecule has 10 nitrogen and oxygen atoms in total. The summed E-state index contributed by atoms with van der Waals surface area (Å²) in [5.74, 6) is 0.151. The van der Waals surface area contributed by atoms with Crippen molar-refractivity contribution in [3.8, 4) is 11.1 Å². The molecule has 5 rings (SSSR count). The van der Waals surface area contributed by atoms with Gasteiger partial charge in [0.2, 0.25) is 5.91 Å². The molecule has 1 spiro atoms. The Labute approximate surface area is 215 Å². The molecule has 3 aromatic rings. The van der Waals surface area contributed by atoms with Gasteiger partial charge in [-0.2, -0.15) is 0 Å². The van der Waals surface area contributed by atoms with Crippen LogP contribution in [0.2, 0.25) is 10.0 Å². The first kappa shape index (κ1) is 24.1. The summed E-state index contributed by atoms with van der Waals surface area (Å²) in [7, 11) is 1.34. The number of piperidine rings is 1. The lowest BCUT2D eigenvalue weighted by molar-refractivity contribution is -0.136. The highest BCUT2D eigenvalue weighted by Crippen LogP contribution is 2.42. The summed E-state index contributed by atoms with van der Waals surface area (Å²) in [6.45, 7) is 0.354. The number of fused-ring (bicyclic) bond motifs is 2. The van der Waals surface area contributed by atoms with Crippen molar-refractivity contribution in [1.82, 2.24) is 19.0 Å². The molecule has 2 aliphatic heterocycles. The Morgan fingerprint density at radius 3 is 2.61 bits per heavy atom. The summed E-state index contributed by atoms with van der Waals surface area (Å²) in [6.07, 6.45) is 3.12. The Bertz CT molecular complexity index is 1510. The van der Waals surface area contributed by atoms with Gasteiger partial charge in [-0.1, -0.05) is 35.3 Å². The van der Waals surface area contributed by atoms with Crippen LogP contribution in [0.15, 0.2) is 52.3 Å². The van der Waals surface area contributed by atoms with Crippen LogP contribution in [-0.4, -0.2) is 44.1 Å². The molecule has 2 amide bonds. The predicted molar refractivity (Wildman–Crippen MR) is 133 cm³/mol. The molecule has 2 aliphatic rings. The maximum absolute atomic E-state index is 13.2. The van der Waals surface area contributed by atoms with Gasteiger partial charge < -0.3 is 9.64 Å². The third-order valence-corrected chi connectivity index (χ3v) is 7.45. The van der Waals surface area contributed by atoms with Crippen molar-refractivity contribution in [1.29, 1.82) is 0 Å². The SMILES string of the molecule is Cn1c(=O)c(-c2cccc(Cl)c2Cl)cn(CC(=O)N2CCC3(CC2)OC(=O)Nc2ncccc23)c1=O. The lowest BCUT2D eigenvalue weighted by atomic mass is 9.83. The number of pyridine rings is 1. The molecule has 1 N–H and O–H groups in total. The van der Waals surface area contributed by atoms with Crippen LogP contribution in [0.25, 0.3) is 11.1 Å². The minimum absolute atomic E-state index is 0.153. The Hall–Kier alpha value is -3.63. The number of amides is 2. The predicted octanol–water partition coefficient (Wildman–Crippen LogP) is 3.00. The second kappa shape index (κ2) is 9.11. The van der Waals surface area contributed by atoms with Crippen LogP contribution in [0, 0.1) is 0 Å². The number of carbonyl (C=O) groups excluding carboxylic acids is 2. The number of benzene rings is 1. The maximum Gasteiger partial charge on any atom is 0.413 e. The van der Waals surface area contributed by atoms with Gasteiger partial charge in [-0.3, -0.25) is 24.0 Å². The molecule has 0 radical (unpaired) electrons. The second-order valence-electron chi connectivity index (χ2n) is 8.71. The van der Waals surface area contributed by atoms with Crippen LogP contribution in [0.5, 0.6) is 0 Å². The summed E-state index contributed by atoms with van der Waals surface area (Å²) >= 11 is 12.4. The highest BCUT2D eigenvalue weighted by molar-refractivity contribution is 6.43. The zero-order valence-corrected chi connectivity index (χ0v) is 20.7. The number of aromatic nitrogens is 3. The van der Waals surface area contributed by atoms with Crippen LogP contribution >= 0.6 is 23.2 Å². The van der Waals surface area contributed by atoms with E-state index in [-0.39, 0.29) is 28.1 Å². The molecule has 0 aliphatic carbocycles. The van der Waals surface area contributed by atoms with Crippen LogP contribution in [-0.2, 0) is 28.7 Å². The number of ether oxygens (including phenoxy) is 1. The number of hydrogen-bond donors (Lipinski definition) is 1. The Morgan fingerprint density at radius 2 is 1.86 bits per heavy atom. The summed E-state index contributed by atoms with van der Waals surface area (Å²) in [5, 5.41) is 3.05. The fraction of sp³-hybridized carbons (Fsp3) is 0.292. The molecular formula is C24H21Cl2N5O5. The van der Waals surface area contributed by atoms with E-state index in [0.29, 0.717) is 37.3 Å². The number of halogens is 2. The van der Waals surface area contributed by atoms with Gasteiger partial charge in [0.05, 0.1) is 15.6 Å². The van der Waals surface area contributed by atoms with E-state index in [2.05, 4.69) is 10.3 Å². The van der Waals surface area contributed by atoms with E-state index < -0.39 is 22.9 Å². The van der Waals surface area contributed by atoms with Gasteiger partial charge in [-0.25, -0.2) is 14.6 Å². The average Bonchev–Trinajstić information content (AvgIpc) is 2.86. The summed E-state index contributed by atoms with van der Waals surface area (Å²) in [4.78, 5) is 56.7. The largest absolute Gasteiger partial charge is 0.437 e. The molecule has 1 fully saturated rings. The van der Waals surface area contributed by atoms with Crippen molar-refractivity contribution in [2.75, 3.05) is 18.4 Å². The normalized spacial score (nSPS) is 16.3. The minimum atomic E-state index is -0.868. The summed E-state index contributed by atoms with van der Waals surface area (Å²) in [6, 6.07) is 8.49. The summed E-state index contributed by atoms with van der Waals surface area (Å²) < 4.78 is 7.80. The molecule has 0 unspecified atom stereocenters. The van der Waals surface area contributed by atoms with Crippen LogP contribution in [0.1, 0.15) is 18.4 Å². The molecule has 186 valence electrons. The molecule has 1 saturated heterocycles. The highest BCUT2D eigenvalue weighted by Gasteiger charge is 2.45. The monoisotopic (exact) mass is 529 g/mol. The molecule has 0 atom stereocenters. The van der Waals surface area contributed by atoms with Gasteiger partial charge in [0, 0.05) is 56.5 Å². The van der Waals surface area contributed by atoms with E-state index in [4.69, 9.17) is 27.9 Å². The smallest absolute Gasteiger partial charge is 0.413 e. The van der Waals surface area contributed by atoms with Gasteiger partial charge >= 0.3 is 11.8 Å². The number of nitrogens with one attached hydrogen (secondary N) is 1. The zero-order valence-electron chi connectivity index (χ0n) is 19.2. The van der Waals surface area contributed by atoms with Crippen molar-refractivity contribution < 1.29 is 14.3 Å². The lowest BCUT2D eigenvalue weighted by Crippen LogP contribution is -2.51. The molecular weight excluding hydrogens is 509 g/mol. The highest BCUT2D eigenvalue weighted by atomic mass is 35.5. The van der Waals surface area contributed by atoms with Gasteiger partial charge in [-0.15, -0.1) is 0 Å². The molecule has 12 heteroatoms. The third kappa shape index (κ3) is 4.06. The quantitative estimate of drug-likeness (QED) is 0.557. The van der Waals surface area contributed by atoms with E-state index >= 15 is 0 Å². The van der Waals surface area contributed by atoms with Crippen molar-refractivity contribution in [3.63, 3.8) is 0 Å². The van der Waals surface area contributed by atoms with Crippen molar-refractivity contribution in [3.05, 3.63) is 79.2 Å². The molecule has 1 aromatic carbocycles. The van der Waals surface area contributed by atoms with Crippen LogP contribution in [0.4, 0.5) is 10.6 Å². The zero-order chi connectivity index (χ0) is 25.6. The van der Waals surface area contributed by atoms with E-state index in [9.17, 15) is 19.2 Å². The van der Waals surface area contributed by atoms with Gasteiger partial charge in [-0.05, 0) is 18.2 Å². The number of carbonyl (C=O) groups is 2. The fourth-order valence-electron chi connectivity index (χ4n) is 4.70. The summed E-state index contributed by atoms with van der Waals surface area (Å²) in [5.41, 5.74) is -0.753. The van der Waals surface area contributed by atoms with Gasteiger partial charge in [0.25, 0.3) is 5.56 Å². The number of hydrogen-bond acceptors (Lipinski definition) is 6. The topological polar surface area (TPSA) is 116 Å². The molecule has 0 saturated carbocycles. The Kier molecular flexibility index (Phi) is 6.09. The molecule has 36 heavy (non-hydrogen) atoms. The van der Waals surface area contributed by atoms with E-state index in [0.717, 1.165) is 10.1 Å². The van der Waals surface area contributed by atoms with E-state index in [1.165, 1.54) is 17.8 Å². The van der Waals surface area contributed by atoms with Crippen LogP contribution < -0.4 is 16.6 Å². The Morgan fingerprint density at radius 1 is 1.11 bits per heavy atom. The fourth-order valence-corrected chi connectivity index (χ4v) is 5.10. The van der Waals surface area contributed by atoms with Gasteiger partial charge in [0.1, 0.15) is 18.0 Å². The standard InChI is InChI=1S/C24H21Cl2N5O5/c1-29-21(33)15(14-4-2-6-17(25)19(14)26)12-31(23(29)35)13-18(32)30-10-7-24(8-11-30)16-5-3-9-27-20(16)28-22(34)36-24/h2-6,9,12H,7-8,10-11,13H2,1H3,(H,27,28,34).